The van der Waals surface area contributed by atoms with Gasteiger partial charge in [0.25, 0.3) is 5.92 Å². The van der Waals surface area contributed by atoms with E-state index in [0.29, 0.717) is 11.1 Å². The van der Waals surface area contributed by atoms with Gasteiger partial charge in [-0.15, -0.1) is 0 Å². The minimum Gasteiger partial charge on any atom is -0.320 e. The number of hydrogen-bond donors (Lipinski definition) is 0. The van der Waals surface area contributed by atoms with Crippen molar-refractivity contribution in [2.75, 3.05) is 6.54 Å². The number of aromatic nitrogens is 2. The summed E-state index contributed by atoms with van der Waals surface area (Å²) < 4.78 is 27.2. The largest absolute Gasteiger partial charge is 0.320 e. The highest BCUT2D eigenvalue weighted by atomic mass is 19.3. The molecule has 1 aromatic carbocycles. The van der Waals surface area contributed by atoms with E-state index in [4.69, 9.17) is 5.26 Å². The van der Waals surface area contributed by atoms with Gasteiger partial charge in [0.2, 0.25) is 5.91 Å². The molecular formula is C23H18F2N4O2. The van der Waals surface area contributed by atoms with E-state index in [1.54, 1.807) is 30.6 Å². The number of carbonyl (C=O) groups is 2. The summed E-state index contributed by atoms with van der Waals surface area (Å²) >= 11 is 0. The fourth-order valence-electron chi connectivity index (χ4n) is 3.88. The number of carbonyl (C=O) groups excluding carboxylic acids is 2. The Bertz CT molecular complexity index is 1200. The predicted octanol–water partition coefficient (Wildman–Crippen LogP) is 4.02. The second kappa shape index (κ2) is 8.19. The molecule has 1 fully saturated rings. The zero-order valence-corrected chi connectivity index (χ0v) is 16.5. The van der Waals surface area contributed by atoms with Crippen LogP contribution < -0.4 is 0 Å². The lowest BCUT2D eigenvalue weighted by Crippen LogP contribution is -2.36. The molecule has 31 heavy (non-hydrogen) atoms. The highest BCUT2D eigenvalue weighted by Crippen LogP contribution is 2.33. The van der Waals surface area contributed by atoms with Crippen LogP contribution >= 0.6 is 0 Å². The number of para-hydroxylation sites is 1. The smallest absolute Gasteiger partial charge is 0.268 e. The maximum atomic E-state index is 13.6. The molecule has 0 saturated carbocycles. The summed E-state index contributed by atoms with van der Waals surface area (Å²) in [5.74, 6) is -4.01. The second-order valence-corrected chi connectivity index (χ2v) is 7.45. The van der Waals surface area contributed by atoms with E-state index in [0.717, 1.165) is 21.4 Å². The Morgan fingerprint density at radius 3 is 2.74 bits per heavy atom. The second-order valence-electron chi connectivity index (χ2n) is 7.45. The minimum atomic E-state index is -3.08. The Kier molecular flexibility index (Phi) is 5.42. The Hall–Kier alpha value is -3.73. The molecule has 2 aromatic heterocycles. The first-order valence-electron chi connectivity index (χ1n) is 9.78. The lowest BCUT2D eigenvalue weighted by atomic mass is 9.95. The van der Waals surface area contributed by atoms with Gasteiger partial charge in [0.05, 0.1) is 18.1 Å². The number of fused-ring (bicyclic) bond motifs is 1. The average molecular weight is 420 g/mol. The number of ketones is 1. The normalized spacial score (nSPS) is 17.5. The number of amides is 1. The summed E-state index contributed by atoms with van der Waals surface area (Å²) in [6, 6.07) is 11.5. The van der Waals surface area contributed by atoms with E-state index in [1.165, 1.54) is 6.20 Å². The Morgan fingerprint density at radius 2 is 1.94 bits per heavy atom. The number of hydrogen-bond acceptors (Lipinski definition) is 5. The molecule has 1 amide bonds. The number of rotatable bonds is 5. The summed E-state index contributed by atoms with van der Waals surface area (Å²) in [5.41, 5.74) is 2.57. The van der Waals surface area contributed by atoms with Crippen molar-refractivity contribution in [1.82, 2.24) is 14.9 Å². The molecule has 1 aliphatic heterocycles. The van der Waals surface area contributed by atoms with Gasteiger partial charge in [-0.05, 0) is 23.8 Å². The Balaban J connectivity index is 1.56. The number of nitriles is 1. The molecule has 3 aromatic rings. The van der Waals surface area contributed by atoms with Crippen molar-refractivity contribution >= 4 is 22.6 Å². The standard InChI is InChI=1S/C23H18F2N4O2/c24-23(25)11-15(12-26)29(14-23)22(31)6-5-21(30)18-7-9-27-13-19(18)16-8-10-28-20-4-2-1-3-17(16)20/h1-4,7-10,13,15H,5-6,11,14H2/t15-/m0/s1. The van der Waals surface area contributed by atoms with Crippen molar-refractivity contribution in [3.8, 4) is 17.2 Å². The molecule has 6 nitrogen and oxygen atoms in total. The van der Waals surface area contributed by atoms with Gasteiger partial charge in [-0.2, -0.15) is 5.26 Å². The maximum Gasteiger partial charge on any atom is 0.268 e. The number of Topliss-reactive ketones (excluding diaryl/α,β-unsaturated/α-hetero) is 1. The first-order valence-corrected chi connectivity index (χ1v) is 9.78. The SMILES string of the molecule is N#C[C@@H]1CC(F)(F)CN1C(=O)CCC(=O)c1ccncc1-c1ccnc2ccccc12. The van der Waals surface area contributed by atoms with Gasteiger partial charge >= 0.3 is 0 Å². The lowest BCUT2D eigenvalue weighted by Gasteiger charge is -2.19. The average Bonchev–Trinajstić information content (AvgIpc) is 3.11. The fourth-order valence-corrected chi connectivity index (χ4v) is 3.88. The van der Waals surface area contributed by atoms with Crippen LogP contribution in [0.2, 0.25) is 0 Å². The highest BCUT2D eigenvalue weighted by molar-refractivity contribution is 6.06. The van der Waals surface area contributed by atoms with Crippen molar-refractivity contribution in [3.63, 3.8) is 0 Å². The predicted molar refractivity (Wildman–Crippen MR) is 109 cm³/mol. The minimum absolute atomic E-state index is 0.154. The van der Waals surface area contributed by atoms with Crippen LogP contribution in [0.5, 0.6) is 0 Å². The number of nitrogens with zero attached hydrogens (tertiary/aromatic N) is 4. The summed E-state index contributed by atoms with van der Waals surface area (Å²) in [6.45, 7) is -0.790. The van der Waals surface area contributed by atoms with E-state index in [-0.39, 0.29) is 18.6 Å². The third-order valence-electron chi connectivity index (χ3n) is 5.37. The number of alkyl halides is 2. The van der Waals surface area contributed by atoms with E-state index >= 15 is 0 Å². The zero-order valence-electron chi connectivity index (χ0n) is 16.5. The van der Waals surface area contributed by atoms with Crippen LogP contribution in [0.25, 0.3) is 22.0 Å². The van der Waals surface area contributed by atoms with Gasteiger partial charge in [0.15, 0.2) is 5.78 Å². The molecule has 156 valence electrons. The molecule has 1 atom stereocenters. The molecule has 0 spiro atoms. The van der Waals surface area contributed by atoms with Gasteiger partial charge in [-0.3, -0.25) is 19.6 Å². The number of likely N-dealkylation sites (tertiary alicyclic amines) is 1. The topological polar surface area (TPSA) is 87.0 Å². The third-order valence-corrected chi connectivity index (χ3v) is 5.37. The first-order chi connectivity index (χ1) is 14.9. The van der Waals surface area contributed by atoms with Gasteiger partial charge in [0.1, 0.15) is 6.04 Å². The van der Waals surface area contributed by atoms with E-state index < -0.39 is 30.8 Å². The van der Waals surface area contributed by atoms with Gasteiger partial charge < -0.3 is 4.90 Å². The van der Waals surface area contributed by atoms with Crippen LogP contribution in [-0.4, -0.2) is 45.1 Å². The Labute approximate surface area is 177 Å². The van der Waals surface area contributed by atoms with E-state index in [2.05, 4.69) is 9.97 Å². The summed E-state index contributed by atoms with van der Waals surface area (Å²) in [4.78, 5) is 34.7. The zero-order chi connectivity index (χ0) is 22.0. The first kappa shape index (κ1) is 20.5. The maximum absolute atomic E-state index is 13.6. The fraction of sp³-hybridized carbons (Fsp3) is 0.261. The third kappa shape index (κ3) is 4.12. The number of pyridine rings is 2. The van der Waals surface area contributed by atoms with Crippen molar-refractivity contribution in [3.05, 3.63) is 60.6 Å². The van der Waals surface area contributed by atoms with Crippen LogP contribution in [0.4, 0.5) is 8.78 Å². The summed E-state index contributed by atoms with van der Waals surface area (Å²) in [6.07, 6.45) is 3.66. The molecule has 8 heteroatoms. The summed E-state index contributed by atoms with van der Waals surface area (Å²) in [5, 5.41) is 9.93. The molecule has 0 bridgehead atoms. The number of benzene rings is 1. The van der Waals surface area contributed by atoms with Crippen LogP contribution in [0.1, 0.15) is 29.6 Å². The van der Waals surface area contributed by atoms with Crippen molar-refractivity contribution in [2.45, 2.75) is 31.2 Å². The Morgan fingerprint density at radius 1 is 1.13 bits per heavy atom. The molecule has 1 saturated heterocycles. The van der Waals surface area contributed by atoms with Crippen LogP contribution in [0, 0.1) is 11.3 Å². The van der Waals surface area contributed by atoms with E-state index in [9.17, 15) is 18.4 Å². The van der Waals surface area contributed by atoms with Gasteiger partial charge in [-0.1, -0.05) is 18.2 Å². The van der Waals surface area contributed by atoms with Crippen molar-refractivity contribution in [1.29, 1.82) is 5.26 Å². The molecule has 0 N–H and O–H groups in total. The van der Waals surface area contributed by atoms with Crippen LogP contribution in [0.3, 0.4) is 0 Å². The summed E-state index contributed by atoms with van der Waals surface area (Å²) in [7, 11) is 0. The molecule has 1 aliphatic rings. The quantitative estimate of drug-likeness (QED) is 0.582. The van der Waals surface area contributed by atoms with Crippen LogP contribution in [0.15, 0.2) is 55.0 Å². The molecular weight excluding hydrogens is 402 g/mol. The van der Waals surface area contributed by atoms with Crippen molar-refractivity contribution < 1.29 is 18.4 Å². The number of halogens is 2. The molecule has 0 radical (unpaired) electrons. The lowest BCUT2D eigenvalue weighted by molar-refractivity contribution is -0.132. The van der Waals surface area contributed by atoms with Crippen molar-refractivity contribution in [2.24, 2.45) is 0 Å². The van der Waals surface area contributed by atoms with Gasteiger partial charge in [-0.25, -0.2) is 8.78 Å². The molecule has 0 aliphatic carbocycles. The van der Waals surface area contributed by atoms with Crippen LogP contribution in [-0.2, 0) is 4.79 Å². The molecule has 4 rings (SSSR count). The molecule has 0 unspecified atom stereocenters. The van der Waals surface area contributed by atoms with E-state index in [1.807, 2.05) is 24.3 Å². The monoisotopic (exact) mass is 420 g/mol. The molecule has 3 heterocycles. The highest BCUT2D eigenvalue weighted by Gasteiger charge is 2.47. The van der Waals surface area contributed by atoms with Gasteiger partial charge in [0, 0.05) is 54.4 Å².